The first-order valence-electron chi connectivity index (χ1n) is 8.16. The first-order valence-corrected chi connectivity index (χ1v) is 8.16. The Morgan fingerprint density at radius 3 is 2.46 bits per heavy atom. The number of benzene rings is 1. The van der Waals surface area contributed by atoms with Gasteiger partial charge < -0.3 is 14.4 Å². The number of carbonyl (C=O) groups excluding carboxylic acids is 3. The molecule has 0 radical (unpaired) electrons. The summed E-state index contributed by atoms with van der Waals surface area (Å²) in [5, 5.41) is 3.08. The van der Waals surface area contributed by atoms with E-state index in [9.17, 15) is 14.4 Å². The number of nitrogens with zero attached hydrogens (tertiary/aromatic N) is 1. The van der Waals surface area contributed by atoms with Gasteiger partial charge in [-0.1, -0.05) is 49.1 Å². The van der Waals surface area contributed by atoms with Gasteiger partial charge in [0.2, 0.25) is 0 Å². The molecule has 1 aromatic carbocycles. The van der Waals surface area contributed by atoms with Gasteiger partial charge in [-0.2, -0.15) is 0 Å². The molecule has 7 nitrogen and oxygen atoms in total. The monoisotopic (exact) mass is 360 g/mol. The highest BCUT2D eigenvalue weighted by atomic mass is 16.6. The maximum absolute atomic E-state index is 12.3. The van der Waals surface area contributed by atoms with E-state index in [0.29, 0.717) is 12.8 Å². The minimum Gasteiger partial charge on any atom is -0.460 e. The predicted octanol–water partition coefficient (Wildman–Crippen LogP) is 1.87. The number of nitrogens with one attached hydrogen (secondary N) is 1. The fourth-order valence-corrected chi connectivity index (χ4v) is 2.16. The third-order valence-electron chi connectivity index (χ3n) is 3.32. The molecule has 0 aliphatic carbocycles. The Hall–Kier alpha value is -2.93. The highest BCUT2D eigenvalue weighted by molar-refractivity contribution is 5.77. The Morgan fingerprint density at radius 1 is 1.12 bits per heavy atom. The molecule has 0 spiro atoms. The van der Waals surface area contributed by atoms with Gasteiger partial charge in [-0.3, -0.25) is 10.1 Å². The zero-order valence-corrected chi connectivity index (χ0v) is 14.6. The average molecular weight is 360 g/mol. The molecule has 0 aliphatic heterocycles. The van der Waals surface area contributed by atoms with E-state index in [-0.39, 0.29) is 26.3 Å². The lowest BCUT2D eigenvalue weighted by Crippen LogP contribution is -2.40. The summed E-state index contributed by atoms with van der Waals surface area (Å²) in [6.45, 7) is 7.77. The molecule has 1 aromatic rings. The normalized spacial score (nSPS) is 11.1. The van der Waals surface area contributed by atoms with Crippen LogP contribution in [0, 0.1) is 0 Å². The fourth-order valence-electron chi connectivity index (χ4n) is 2.16. The van der Waals surface area contributed by atoms with Gasteiger partial charge in [0, 0.05) is 19.6 Å². The molecule has 1 unspecified atom stereocenters. The lowest BCUT2D eigenvalue weighted by Gasteiger charge is -2.22. The third-order valence-corrected chi connectivity index (χ3v) is 3.32. The van der Waals surface area contributed by atoms with E-state index in [2.05, 4.69) is 18.5 Å². The molecule has 26 heavy (non-hydrogen) atoms. The van der Waals surface area contributed by atoms with Crippen molar-refractivity contribution in [1.82, 2.24) is 10.2 Å². The van der Waals surface area contributed by atoms with Gasteiger partial charge in [0.1, 0.15) is 19.3 Å². The summed E-state index contributed by atoms with van der Waals surface area (Å²) in [6, 6.07) is 8.45. The van der Waals surface area contributed by atoms with Crippen molar-refractivity contribution in [2.24, 2.45) is 0 Å². The summed E-state index contributed by atoms with van der Waals surface area (Å²) in [6.07, 6.45) is 2.93. The van der Waals surface area contributed by atoms with Crippen molar-refractivity contribution in [3.63, 3.8) is 0 Å². The van der Waals surface area contributed by atoms with E-state index in [0.717, 1.165) is 5.56 Å². The molecule has 140 valence electrons. The largest absolute Gasteiger partial charge is 0.460 e. The summed E-state index contributed by atoms with van der Waals surface area (Å²) in [5.41, 5.74) is 0.750. The van der Waals surface area contributed by atoms with Crippen LogP contribution >= 0.6 is 0 Å². The number of carbonyl (C=O) groups is 3. The number of aldehydes is 1. The topological polar surface area (TPSA) is 84.9 Å². The van der Waals surface area contributed by atoms with Gasteiger partial charge >= 0.3 is 12.1 Å². The second kappa shape index (κ2) is 12.4. The van der Waals surface area contributed by atoms with E-state index >= 15 is 0 Å². The number of amides is 1. The zero-order chi connectivity index (χ0) is 19.2. The number of rotatable bonds is 12. The van der Waals surface area contributed by atoms with Crippen LogP contribution in [0.2, 0.25) is 0 Å². The second-order valence-electron chi connectivity index (χ2n) is 5.19. The summed E-state index contributed by atoms with van der Waals surface area (Å²) in [4.78, 5) is 35.9. The molecule has 0 saturated heterocycles. The summed E-state index contributed by atoms with van der Waals surface area (Å²) >= 11 is 0. The van der Waals surface area contributed by atoms with Crippen LogP contribution in [-0.4, -0.2) is 56.1 Å². The van der Waals surface area contributed by atoms with E-state index < -0.39 is 18.1 Å². The van der Waals surface area contributed by atoms with Crippen LogP contribution in [0.15, 0.2) is 55.6 Å². The summed E-state index contributed by atoms with van der Waals surface area (Å²) in [7, 11) is 0. The van der Waals surface area contributed by atoms with Gasteiger partial charge in [0.15, 0.2) is 6.29 Å². The molecule has 0 bridgehead atoms. The smallest absolute Gasteiger partial charge is 0.410 e. The van der Waals surface area contributed by atoms with Crippen molar-refractivity contribution in [3.05, 3.63) is 61.2 Å². The summed E-state index contributed by atoms with van der Waals surface area (Å²) < 4.78 is 9.92. The van der Waals surface area contributed by atoms with Crippen LogP contribution in [-0.2, 0) is 19.1 Å². The number of ether oxygens (including phenoxy) is 2. The Balaban J connectivity index is 2.70. The average Bonchev–Trinajstić information content (AvgIpc) is 2.67. The third kappa shape index (κ3) is 7.31. The Bertz CT molecular complexity index is 603. The first kappa shape index (κ1) is 21.1. The zero-order valence-electron chi connectivity index (χ0n) is 14.6. The van der Waals surface area contributed by atoms with Crippen molar-refractivity contribution in [1.29, 1.82) is 0 Å². The van der Waals surface area contributed by atoms with Crippen LogP contribution in [0.1, 0.15) is 11.6 Å². The fraction of sp³-hybridized carbons (Fsp3) is 0.316. The van der Waals surface area contributed by atoms with Crippen LogP contribution in [0.3, 0.4) is 0 Å². The minimum absolute atomic E-state index is 0.116. The SMILES string of the molecule is C=CCOC(=O)C(NCCN(CC=C)C(=O)OCC=O)c1ccccc1. The number of hydrogen-bond donors (Lipinski definition) is 1. The van der Waals surface area contributed by atoms with Gasteiger partial charge in [-0.15, -0.1) is 6.58 Å². The summed E-state index contributed by atoms with van der Waals surface area (Å²) in [5.74, 6) is -0.435. The van der Waals surface area contributed by atoms with Crippen LogP contribution in [0.4, 0.5) is 4.79 Å². The molecule has 0 aliphatic rings. The van der Waals surface area contributed by atoms with E-state index in [1.54, 1.807) is 6.08 Å². The van der Waals surface area contributed by atoms with Gasteiger partial charge in [0.25, 0.3) is 0 Å². The molecule has 0 aromatic heterocycles. The van der Waals surface area contributed by atoms with Crippen molar-refractivity contribution in [2.45, 2.75) is 6.04 Å². The van der Waals surface area contributed by atoms with E-state index in [1.165, 1.54) is 11.0 Å². The van der Waals surface area contributed by atoms with Gasteiger partial charge in [-0.25, -0.2) is 9.59 Å². The molecular weight excluding hydrogens is 336 g/mol. The highest BCUT2D eigenvalue weighted by Crippen LogP contribution is 2.14. The molecule has 1 rings (SSSR count). The van der Waals surface area contributed by atoms with Crippen molar-refractivity contribution >= 4 is 18.3 Å². The Kier molecular flexibility index (Phi) is 10.1. The minimum atomic E-state index is -0.673. The molecule has 0 heterocycles. The second-order valence-corrected chi connectivity index (χ2v) is 5.19. The van der Waals surface area contributed by atoms with Crippen molar-refractivity contribution in [2.75, 3.05) is 32.8 Å². The molecule has 7 heteroatoms. The van der Waals surface area contributed by atoms with Crippen molar-refractivity contribution < 1.29 is 23.9 Å². The number of hydrogen-bond acceptors (Lipinski definition) is 6. The molecule has 1 amide bonds. The van der Waals surface area contributed by atoms with Gasteiger partial charge in [0.05, 0.1) is 0 Å². The van der Waals surface area contributed by atoms with E-state index in [4.69, 9.17) is 9.47 Å². The van der Waals surface area contributed by atoms with Crippen LogP contribution in [0.5, 0.6) is 0 Å². The first-order chi connectivity index (χ1) is 12.6. The predicted molar refractivity (Wildman–Crippen MR) is 97.5 cm³/mol. The molecule has 0 saturated carbocycles. The van der Waals surface area contributed by atoms with E-state index in [1.807, 2.05) is 30.3 Å². The standard InChI is InChI=1S/C19H24N2O5/c1-3-11-21(19(24)26-15-13-22)12-10-20-17(18(23)25-14-4-2)16-8-6-5-7-9-16/h3-9,13,17,20H,1-2,10-12,14-15H2. The molecule has 1 atom stereocenters. The van der Waals surface area contributed by atoms with Crippen LogP contribution in [0.25, 0.3) is 0 Å². The maximum atomic E-state index is 12.3. The molecule has 1 N–H and O–H groups in total. The van der Waals surface area contributed by atoms with Gasteiger partial charge in [-0.05, 0) is 5.56 Å². The molecular formula is C19H24N2O5. The lowest BCUT2D eigenvalue weighted by molar-refractivity contribution is -0.145. The quantitative estimate of drug-likeness (QED) is 0.348. The highest BCUT2D eigenvalue weighted by Gasteiger charge is 2.22. The Morgan fingerprint density at radius 2 is 1.85 bits per heavy atom. The number of esters is 1. The van der Waals surface area contributed by atoms with Crippen LogP contribution < -0.4 is 5.32 Å². The maximum Gasteiger partial charge on any atom is 0.410 e. The molecule has 0 fully saturated rings. The Labute approximate surface area is 153 Å². The van der Waals surface area contributed by atoms with Crippen molar-refractivity contribution in [3.8, 4) is 0 Å². The lowest BCUT2D eigenvalue weighted by atomic mass is 10.1.